The van der Waals surface area contributed by atoms with Crippen LogP contribution in [0.1, 0.15) is 25.7 Å². The Labute approximate surface area is 105 Å². The first-order chi connectivity index (χ1) is 8.25. The summed E-state index contributed by atoms with van der Waals surface area (Å²) < 4.78 is 19.0. The number of nitrogens with one attached hydrogen (secondary N) is 1. The highest BCUT2D eigenvalue weighted by atomic mass is 35.5. The van der Waals surface area contributed by atoms with Gasteiger partial charge in [-0.2, -0.15) is 0 Å². The van der Waals surface area contributed by atoms with Gasteiger partial charge in [0, 0.05) is 19.3 Å². The zero-order chi connectivity index (χ0) is 12.1. The Morgan fingerprint density at radius 3 is 3.12 bits per heavy atom. The first-order valence-electron chi connectivity index (χ1n) is 5.92. The number of aromatic nitrogens is 1. The molecule has 1 saturated heterocycles. The van der Waals surface area contributed by atoms with Crippen molar-refractivity contribution in [3.05, 3.63) is 23.1 Å². The zero-order valence-corrected chi connectivity index (χ0v) is 10.3. The standard InChI is InChI=1S/C12H16ClFN2O/c13-9-7-11(14)12(16-8-9)15-5-4-10-3-1-2-6-17-10/h7-8,10H,1-6H2,(H,15,16). The molecule has 0 bridgehead atoms. The van der Waals surface area contributed by atoms with Crippen molar-refractivity contribution in [2.75, 3.05) is 18.5 Å². The van der Waals surface area contributed by atoms with E-state index in [0.29, 0.717) is 17.7 Å². The van der Waals surface area contributed by atoms with Crippen LogP contribution in [0.25, 0.3) is 0 Å². The average molecular weight is 259 g/mol. The molecule has 1 aromatic heterocycles. The summed E-state index contributed by atoms with van der Waals surface area (Å²) in [5.74, 6) is -0.160. The normalized spacial score (nSPS) is 20.2. The van der Waals surface area contributed by atoms with Gasteiger partial charge in [-0.05, 0) is 31.7 Å². The number of anilines is 1. The molecule has 1 unspecified atom stereocenters. The number of hydrogen-bond donors (Lipinski definition) is 1. The van der Waals surface area contributed by atoms with Gasteiger partial charge in [0.25, 0.3) is 0 Å². The topological polar surface area (TPSA) is 34.2 Å². The predicted molar refractivity (Wildman–Crippen MR) is 65.9 cm³/mol. The first kappa shape index (κ1) is 12.6. The second kappa shape index (κ2) is 6.17. The molecule has 0 amide bonds. The summed E-state index contributed by atoms with van der Waals surface area (Å²) in [5.41, 5.74) is 0. The van der Waals surface area contributed by atoms with E-state index in [2.05, 4.69) is 10.3 Å². The number of rotatable bonds is 4. The Balaban J connectivity index is 1.77. The molecule has 1 aliphatic heterocycles. The Hall–Kier alpha value is -0.870. The molecular weight excluding hydrogens is 243 g/mol. The van der Waals surface area contributed by atoms with Gasteiger partial charge in [-0.25, -0.2) is 9.37 Å². The van der Waals surface area contributed by atoms with Gasteiger partial charge in [-0.1, -0.05) is 11.6 Å². The van der Waals surface area contributed by atoms with Crippen molar-refractivity contribution in [1.82, 2.24) is 4.98 Å². The van der Waals surface area contributed by atoms with E-state index < -0.39 is 5.82 Å². The number of nitrogens with zero attached hydrogens (tertiary/aromatic N) is 1. The van der Waals surface area contributed by atoms with Crippen LogP contribution in [0.2, 0.25) is 5.02 Å². The molecule has 0 spiro atoms. The van der Waals surface area contributed by atoms with Crippen molar-refractivity contribution in [1.29, 1.82) is 0 Å². The SMILES string of the molecule is Fc1cc(Cl)cnc1NCCC1CCCCO1. The van der Waals surface area contributed by atoms with Gasteiger partial charge < -0.3 is 10.1 Å². The second-order valence-electron chi connectivity index (χ2n) is 4.19. The molecule has 2 heterocycles. The molecule has 1 N–H and O–H groups in total. The van der Waals surface area contributed by atoms with Gasteiger partial charge in [0.1, 0.15) is 0 Å². The van der Waals surface area contributed by atoms with Crippen LogP contribution in [-0.4, -0.2) is 24.2 Å². The maximum absolute atomic E-state index is 13.4. The van der Waals surface area contributed by atoms with E-state index in [-0.39, 0.29) is 5.82 Å². The van der Waals surface area contributed by atoms with E-state index in [1.54, 1.807) is 0 Å². The molecule has 94 valence electrons. The fourth-order valence-corrected chi connectivity index (χ4v) is 2.08. The first-order valence-corrected chi connectivity index (χ1v) is 6.30. The molecule has 0 saturated carbocycles. The van der Waals surface area contributed by atoms with Crippen LogP contribution in [0.5, 0.6) is 0 Å². The van der Waals surface area contributed by atoms with Gasteiger partial charge >= 0.3 is 0 Å². The minimum absolute atomic E-state index is 0.255. The monoisotopic (exact) mass is 258 g/mol. The Morgan fingerprint density at radius 2 is 2.41 bits per heavy atom. The number of pyridine rings is 1. The Kier molecular flexibility index (Phi) is 4.57. The highest BCUT2D eigenvalue weighted by Crippen LogP contribution is 2.17. The highest BCUT2D eigenvalue weighted by molar-refractivity contribution is 6.30. The fraction of sp³-hybridized carbons (Fsp3) is 0.583. The molecule has 5 heteroatoms. The summed E-state index contributed by atoms with van der Waals surface area (Å²) >= 11 is 5.62. The summed E-state index contributed by atoms with van der Waals surface area (Å²) in [6.45, 7) is 1.51. The van der Waals surface area contributed by atoms with Gasteiger partial charge in [0.05, 0.1) is 11.1 Å². The lowest BCUT2D eigenvalue weighted by Crippen LogP contribution is -2.22. The average Bonchev–Trinajstić information content (AvgIpc) is 2.33. The van der Waals surface area contributed by atoms with E-state index in [0.717, 1.165) is 25.9 Å². The van der Waals surface area contributed by atoms with Crippen LogP contribution in [0.4, 0.5) is 10.2 Å². The van der Waals surface area contributed by atoms with Crippen molar-refractivity contribution in [3.63, 3.8) is 0 Å². The van der Waals surface area contributed by atoms with E-state index in [1.165, 1.54) is 18.7 Å². The number of halogens is 2. The van der Waals surface area contributed by atoms with Crippen LogP contribution in [0.15, 0.2) is 12.3 Å². The highest BCUT2D eigenvalue weighted by Gasteiger charge is 2.13. The van der Waals surface area contributed by atoms with Crippen molar-refractivity contribution in [3.8, 4) is 0 Å². The molecule has 1 atom stereocenters. The quantitative estimate of drug-likeness (QED) is 0.900. The van der Waals surface area contributed by atoms with Gasteiger partial charge in [-0.15, -0.1) is 0 Å². The molecule has 1 fully saturated rings. The van der Waals surface area contributed by atoms with Crippen molar-refractivity contribution >= 4 is 17.4 Å². The third kappa shape index (κ3) is 3.82. The van der Waals surface area contributed by atoms with Gasteiger partial charge in [-0.3, -0.25) is 0 Å². The van der Waals surface area contributed by atoms with Gasteiger partial charge in [0.15, 0.2) is 11.6 Å². The van der Waals surface area contributed by atoms with Crippen molar-refractivity contribution in [2.45, 2.75) is 31.8 Å². The third-order valence-corrected chi connectivity index (χ3v) is 3.05. The summed E-state index contributed by atoms with van der Waals surface area (Å²) in [7, 11) is 0. The molecule has 17 heavy (non-hydrogen) atoms. The molecular formula is C12H16ClFN2O. The van der Waals surface area contributed by atoms with Crippen LogP contribution < -0.4 is 5.32 Å². The van der Waals surface area contributed by atoms with Crippen molar-refractivity contribution < 1.29 is 9.13 Å². The maximum Gasteiger partial charge on any atom is 0.166 e. The molecule has 3 nitrogen and oxygen atoms in total. The minimum atomic E-state index is -0.415. The fourth-order valence-electron chi connectivity index (χ4n) is 1.93. The predicted octanol–water partition coefficient (Wildman–Crippen LogP) is 3.25. The smallest absolute Gasteiger partial charge is 0.166 e. The Morgan fingerprint density at radius 1 is 1.53 bits per heavy atom. The number of hydrogen-bond acceptors (Lipinski definition) is 3. The lowest BCUT2D eigenvalue weighted by Gasteiger charge is -2.22. The molecule has 0 aromatic carbocycles. The second-order valence-corrected chi connectivity index (χ2v) is 4.62. The van der Waals surface area contributed by atoms with Crippen LogP contribution in [0, 0.1) is 5.82 Å². The molecule has 2 rings (SSSR count). The van der Waals surface area contributed by atoms with Crippen LogP contribution in [0.3, 0.4) is 0 Å². The molecule has 0 radical (unpaired) electrons. The van der Waals surface area contributed by atoms with Crippen molar-refractivity contribution in [2.24, 2.45) is 0 Å². The lowest BCUT2D eigenvalue weighted by atomic mass is 10.1. The largest absolute Gasteiger partial charge is 0.378 e. The lowest BCUT2D eigenvalue weighted by molar-refractivity contribution is 0.0134. The van der Waals surface area contributed by atoms with Gasteiger partial charge in [0.2, 0.25) is 0 Å². The molecule has 1 aliphatic rings. The van der Waals surface area contributed by atoms with E-state index in [1.807, 2.05) is 0 Å². The zero-order valence-electron chi connectivity index (χ0n) is 9.59. The molecule has 0 aliphatic carbocycles. The van der Waals surface area contributed by atoms with Crippen LogP contribution in [-0.2, 0) is 4.74 Å². The summed E-state index contributed by atoms with van der Waals surface area (Å²) in [4.78, 5) is 3.90. The summed E-state index contributed by atoms with van der Waals surface area (Å²) in [5, 5.41) is 3.27. The third-order valence-electron chi connectivity index (χ3n) is 2.84. The van der Waals surface area contributed by atoms with E-state index in [4.69, 9.17) is 16.3 Å². The number of ether oxygens (including phenoxy) is 1. The molecule has 1 aromatic rings. The summed E-state index contributed by atoms with van der Waals surface area (Å²) in [6, 6.07) is 1.26. The maximum atomic E-state index is 13.4. The minimum Gasteiger partial charge on any atom is -0.378 e. The van der Waals surface area contributed by atoms with E-state index in [9.17, 15) is 4.39 Å². The van der Waals surface area contributed by atoms with E-state index >= 15 is 0 Å². The van der Waals surface area contributed by atoms with Crippen LogP contribution >= 0.6 is 11.6 Å². The summed E-state index contributed by atoms with van der Waals surface area (Å²) in [6.07, 6.45) is 6.08. The Bertz CT molecular complexity index is 370.